The Bertz CT molecular complexity index is 482. The summed E-state index contributed by atoms with van der Waals surface area (Å²) in [5, 5.41) is 18.0. The Balaban J connectivity index is 2.72. The fraction of sp³-hybridized carbons (Fsp3) is 0. The molecule has 2 heterocycles. The molecule has 6 heteroatoms. The summed E-state index contributed by atoms with van der Waals surface area (Å²) >= 11 is 3.12. The van der Waals surface area contributed by atoms with Crippen molar-refractivity contribution < 1.29 is 15.0 Å². The lowest BCUT2D eigenvalue weighted by molar-refractivity contribution is 0.0691. The maximum Gasteiger partial charge on any atom is 0.356 e. The van der Waals surface area contributed by atoms with Crippen molar-refractivity contribution in [3.63, 3.8) is 0 Å². The van der Waals surface area contributed by atoms with Gasteiger partial charge in [0.05, 0.1) is 4.47 Å². The third kappa shape index (κ3) is 1.33. The average Bonchev–Trinajstić information content (AvgIpc) is 2.48. The van der Waals surface area contributed by atoms with Gasteiger partial charge < -0.3 is 14.6 Å². The first-order valence-electron chi connectivity index (χ1n) is 3.68. The predicted molar refractivity (Wildman–Crippen MR) is 51.5 cm³/mol. The van der Waals surface area contributed by atoms with Crippen LogP contribution in [-0.4, -0.2) is 25.6 Å². The molecule has 0 saturated carbocycles. The molecule has 0 atom stereocenters. The lowest BCUT2D eigenvalue weighted by Gasteiger charge is -1.96. The standard InChI is InChI=1S/C8H5BrN2O3/c9-4-2-11-3-5(8(13)14)10-7(11)1-6(4)12/h1-3,12H,(H,13,14). The summed E-state index contributed by atoms with van der Waals surface area (Å²) in [6.45, 7) is 0. The van der Waals surface area contributed by atoms with E-state index in [-0.39, 0.29) is 11.4 Å². The molecule has 0 bridgehead atoms. The molecule has 14 heavy (non-hydrogen) atoms. The van der Waals surface area contributed by atoms with E-state index in [0.717, 1.165) is 0 Å². The first-order valence-corrected chi connectivity index (χ1v) is 4.48. The Hall–Kier alpha value is -1.56. The molecule has 0 amide bonds. The fourth-order valence-corrected chi connectivity index (χ4v) is 1.44. The minimum absolute atomic E-state index is 0.0278. The van der Waals surface area contributed by atoms with Crippen LogP contribution in [0.1, 0.15) is 10.5 Å². The van der Waals surface area contributed by atoms with E-state index in [1.165, 1.54) is 16.7 Å². The predicted octanol–water partition coefficient (Wildman–Crippen LogP) is 1.50. The number of fused-ring (bicyclic) bond motifs is 1. The second kappa shape index (κ2) is 2.98. The van der Waals surface area contributed by atoms with E-state index < -0.39 is 5.97 Å². The molecule has 0 saturated heterocycles. The average molecular weight is 257 g/mol. The number of carboxylic acids is 1. The zero-order valence-corrected chi connectivity index (χ0v) is 8.39. The van der Waals surface area contributed by atoms with Crippen molar-refractivity contribution in [3.8, 4) is 5.75 Å². The van der Waals surface area contributed by atoms with E-state index in [0.29, 0.717) is 10.1 Å². The van der Waals surface area contributed by atoms with E-state index >= 15 is 0 Å². The van der Waals surface area contributed by atoms with Crippen LogP contribution < -0.4 is 0 Å². The molecule has 2 N–H and O–H groups in total. The molecule has 0 radical (unpaired) electrons. The third-order valence-corrected chi connectivity index (χ3v) is 2.35. The van der Waals surface area contributed by atoms with Gasteiger partial charge in [-0.3, -0.25) is 0 Å². The summed E-state index contributed by atoms with van der Waals surface area (Å²) in [5.74, 6) is -1.07. The molecule has 0 aliphatic heterocycles. The molecule has 0 spiro atoms. The third-order valence-electron chi connectivity index (χ3n) is 1.74. The molecule has 0 unspecified atom stereocenters. The van der Waals surface area contributed by atoms with E-state index in [4.69, 9.17) is 5.11 Å². The van der Waals surface area contributed by atoms with Crippen LogP contribution in [0.5, 0.6) is 5.75 Å². The molecule has 2 aromatic rings. The van der Waals surface area contributed by atoms with Crippen molar-refractivity contribution >= 4 is 27.5 Å². The van der Waals surface area contributed by atoms with Crippen LogP contribution in [-0.2, 0) is 0 Å². The lowest BCUT2D eigenvalue weighted by atomic mass is 10.4. The molecule has 0 aliphatic rings. The molecule has 2 aromatic heterocycles. The van der Waals surface area contributed by atoms with Gasteiger partial charge in [0.15, 0.2) is 5.69 Å². The zero-order valence-electron chi connectivity index (χ0n) is 6.81. The van der Waals surface area contributed by atoms with Gasteiger partial charge in [0.25, 0.3) is 0 Å². The van der Waals surface area contributed by atoms with Gasteiger partial charge in [-0.25, -0.2) is 9.78 Å². The monoisotopic (exact) mass is 256 g/mol. The Labute approximate surface area is 86.8 Å². The number of nitrogens with zero attached hydrogens (tertiary/aromatic N) is 2. The minimum atomic E-state index is -1.09. The number of hydrogen-bond donors (Lipinski definition) is 2. The van der Waals surface area contributed by atoms with Crippen molar-refractivity contribution in [3.05, 3.63) is 28.6 Å². The van der Waals surface area contributed by atoms with Gasteiger partial charge >= 0.3 is 5.97 Å². The highest BCUT2D eigenvalue weighted by Gasteiger charge is 2.10. The fourth-order valence-electron chi connectivity index (χ4n) is 1.10. The maximum absolute atomic E-state index is 10.6. The highest BCUT2D eigenvalue weighted by atomic mass is 79.9. The van der Waals surface area contributed by atoms with Crippen molar-refractivity contribution in [1.29, 1.82) is 0 Å². The maximum atomic E-state index is 10.6. The summed E-state index contributed by atoms with van der Waals surface area (Å²) in [6.07, 6.45) is 2.92. The van der Waals surface area contributed by atoms with Gasteiger partial charge in [0.2, 0.25) is 0 Å². The van der Waals surface area contributed by atoms with Crippen molar-refractivity contribution in [2.24, 2.45) is 0 Å². The number of aromatic nitrogens is 2. The van der Waals surface area contributed by atoms with Gasteiger partial charge in [0.1, 0.15) is 11.4 Å². The molecule has 0 aliphatic carbocycles. The Morgan fingerprint density at radius 1 is 1.50 bits per heavy atom. The second-order valence-electron chi connectivity index (χ2n) is 2.70. The van der Waals surface area contributed by atoms with Crippen LogP contribution in [0.4, 0.5) is 0 Å². The quantitative estimate of drug-likeness (QED) is 0.811. The molecule has 5 nitrogen and oxygen atoms in total. The summed E-state index contributed by atoms with van der Waals surface area (Å²) in [7, 11) is 0. The summed E-state index contributed by atoms with van der Waals surface area (Å²) < 4.78 is 2.01. The number of carbonyl (C=O) groups is 1. The van der Waals surface area contributed by atoms with Crippen molar-refractivity contribution in [2.45, 2.75) is 0 Å². The smallest absolute Gasteiger partial charge is 0.356 e. The molecular formula is C8H5BrN2O3. The molecule has 0 fully saturated rings. The number of halogens is 1. The van der Waals surface area contributed by atoms with E-state index in [1.54, 1.807) is 6.20 Å². The van der Waals surface area contributed by atoms with Gasteiger partial charge in [-0.2, -0.15) is 0 Å². The first-order chi connectivity index (χ1) is 6.58. The van der Waals surface area contributed by atoms with Crippen molar-refractivity contribution in [2.75, 3.05) is 0 Å². The second-order valence-corrected chi connectivity index (χ2v) is 3.56. The van der Waals surface area contributed by atoms with Gasteiger partial charge in [-0.1, -0.05) is 0 Å². The minimum Gasteiger partial charge on any atom is -0.507 e. The summed E-state index contributed by atoms with van der Waals surface area (Å²) in [4.78, 5) is 14.4. The van der Waals surface area contributed by atoms with Crippen LogP contribution in [0.15, 0.2) is 22.9 Å². The first kappa shape index (κ1) is 9.01. The van der Waals surface area contributed by atoms with Crippen LogP contribution in [0, 0.1) is 0 Å². The zero-order chi connectivity index (χ0) is 10.3. The van der Waals surface area contributed by atoms with Gasteiger partial charge in [-0.05, 0) is 15.9 Å². The number of hydrogen-bond acceptors (Lipinski definition) is 3. The number of aromatic hydroxyl groups is 1. The number of aromatic carboxylic acids is 1. The van der Waals surface area contributed by atoms with Crippen LogP contribution in [0.25, 0.3) is 5.65 Å². The number of pyridine rings is 1. The van der Waals surface area contributed by atoms with Crippen LogP contribution >= 0.6 is 15.9 Å². The summed E-state index contributed by atoms with van der Waals surface area (Å²) in [5.41, 5.74) is 0.339. The SMILES string of the molecule is O=C(O)c1cn2cc(Br)c(O)cc2n1. The van der Waals surface area contributed by atoms with E-state index in [9.17, 15) is 9.90 Å². The van der Waals surface area contributed by atoms with Gasteiger partial charge in [0, 0.05) is 18.5 Å². The van der Waals surface area contributed by atoms with Crippen LogP contribution in [0.3, 0.4) is 0 Å². The highest BCUT2D eigenvalue weighted by Crippen LogP contribution is 2.24. The van der Waals surface area contributed by atoms with Crippen LogP contribution in [0.2, 0.25) is 0 Å². The van der Waals surface area contributed by atoms with E-state index in [2.05, 4.69) is 20.9 Å². The Morgan fingerprint density at radius 2 is 2.21 bits per heavy atom. The Morgan fingerprint density at radius 3 is 2.86 bits per heavy atom. The normalized spacial score (nSPS) is 10.6. The van der Waals surface area contributed by atoms with E-state index in [1.807, 2.05) is 0 Å². The topological polar surface area (TPSA) is 74.8 Å². The lowest BCUT2D eigenvalue weighted by Crippen LogP contribution is -1.94. The molecular weight excluding hydrogens is 252 g/mol. The largest absolute Gasteiger partial charge is 0.507 e. The highest BCUT2D eigenvalue weighted by molar-refractivity contribution is 9.10. The van der Waals surface area contributed by atoms with Gasteiger partial charge in [-0.15, -0.1) is 0 Å². The summed E-state index contributed by atoms with van der Waals surface area (Å²) in [6, 6.07) is 1.39. The molecule has 0 aromatic carbocycles. The number of imidazole rings is 1. The molecule has 72 valence electrons. The molecule has 2 rings (SSSR count). The Kier molecular flexibility index (Phi) is 1.92. The van der Waals surface area contributed by atoms with Crippen molar-refractivity contribution in [1.82, 2.24) is 9.38 Å². The number of rotatable bonds is 1. The number of carboxylic acid groups (broad SMARTS) is 1.